The predicted molar refractivity (Wildman–Crippen MR) is 78.6 cm³/mol. The van der Waals surface area contributed by atoms with E-state index in [4.69, 9.17) is 5.84 Å². The van der Waals surface area contributed by atoms with Crippen LogP contribution in [0.5, 0.6) is 0 Å². The molecule has 1 amide bonds. The summed E-state index contributed by atoms with van der Waals surface area (Å²) in [5.41, 5.74) is 2.67. The van der Waals surface area contributed by atoms with Gasteiger partial charge in [-0.25, -0.2) is 5.84 Å². The molecule has 1 heterocycles. The quantitative estimate of drug-likeness (QED) is 0.432. The van der Waals surface area contributed by atoms with Crippen LogP contribution in [0.2, 0.25) is 0 Å². The Morgan fingerprint density at radius 3 is 2.57 bits per heavy atom. The zero-order valence-electron chi connectivity index (χ0n) is 10.4. The third-order valence-corrected chi connectivity index (χ3v) is 3.11. The number of halogens is 1. The summed E-state index contributed by atoms with van der Waals surface area (Å²) >= 11 is 3.16. The average molecular weight is 353 g/mol. The molecule has 2 rings (SSSR count). The molecule has 9 nitrogen and oxygen atoms in total. The number of benzene rings is 1. The monoisotopic (exact) mass is 352 g/mol. The number of non-ortho nitro benzene ring substituents is 1. The van der Waals surface area contributed by atoms with E-state index in [1.54, 1.807) is 0 Å². The van der Waals surface area contributed by atoms with Gasteiger partial charge in [0.25, 0.3) is 11.6 Å². The second-order valence-corrected chi connectivity index (χ2v) is 4.68. The van der Waals surface area contributed by atoms with E-state index in [2.05, 4.69) is 36.9 Å². The summed E-state index contributed by atoms with van der Waals surface area (Å²) in [6.07, 6.45) is 0. The standard InChI is InChI=1S/C11H9BrN6O3/c12-7-5-6(18(20)21)1-2-8(7)14-11(19)9-3-4-10(15-13)17-16-9/h1-5H,13H2,(H,14,19)(H,15,17). The molecule has 21 heavy (non-hydrogen) atoms. The number of nitrogen functional groups attached to an aromatic ring is 1. The highest BCUT2D eigenvalue weighted by Crippen LogP contribution is 2.27. The third-order valence-electron chi connectivity index (χ3n) is 2.46. The summed E-state index contributed by atoms with van der Waals surface area (Å²) < 4.78 is 0.387. The number of aromatic nitrogens is 2. The Labute approximate surface area is 126 Å². The van der Waals surface area contributed by atoms with Crippen molar-refractivity contribution in [3.63, 3.8) is 0 Å². The van der Waals surface area contributed by atoms with E-state index in [-0.39, 0.29) is 11.4 Å². The number of carbonyl (C=O) groups excluding carboxylic acids is 1. The first-order valence-corrected chi connectivity index (χ1v) is 6.36. The van der Waals surface area contributed by atoms with Crippen molar-refractivity contribution in [3.8, 4) is 0 Å². The maximum atomic E-state index is 12.0. The highest BCUT2D eigenvalue weighted by atomic mass is 79.9. The normalized spacial score (nSPS) is 10.0. The van der Waals surface area contributed by atoms with Crippen molar-refractivity contribution >= 4 is 39.0 Å². The number of nitro benzene ring substituents is 1. The van der Waals surface area contributed by atoms with Gasteiger partial charge in [-0.05, 0) is 34.1 Å². The first-order valence-electron chi connectivity index (χ1n) is 5.57. The maximum Gasteiger partial charge on any atom is 0.276 e. The minimum absolute atomic E-state index is 0.0826. The second-order valence-electron chi connectivity index (χ2n) is 3.82. The van der Waals surface area contributed by atoms with Crippen LogP contribution in [-0.4, -0.2) is 21.0 Å². The largest absolute Gasteiger partial charge is 0.320 e. The molecule has 0 aliphatic heterocycles. The lowest BCUT2D eigenvalue weighted by molar-refractivity contribution is -0.384. The molecular formula is C11H9BrN6O3. The molecule has 0 spiro atoms. The van der Waals surface area contributed by atoms with Crippen molar-refractivity contribution in [1.82, 2.24) is 10.2 Å². The van der Waals surface area contributed by atoms with Crippen LogP contribution >= 0.6 is 15.9 Å². The van der Waals surface area contributed by atoms with Crippen molar-refractivity contribution in [2.24, 2.45) is 5.84 Å². The molecule has 0 bridgehead atoms. The van der Waals surface area contributed by atoms with E-state index >= 15 is 0 Å². The summed E-state index contributed by atoms with van der Waals surface area (Å²) in [6, 6.07) is 6.93. The molecule has 0 saturated heterocycles. The fourth-order valence-electron chi connectivity index (χ4n) is 1.44. The van der Waals surface area contributed by atoms with Crippen molar-refractivity contribution in [2.45, 2.75) is 0 Å². The van der Waals surface area contributed by atoms with Crippen LogP contribution in [0.4, 0.5) is 17.2 Å². The molecule has 0 aliphatic rings. The minimum Gasteiger partial charge on any atom is -0.320 e. The fraction of sp³-hybridized carbons (Fsp3) is 0. The fourth-order valence-corrected chi connectivity index (χ4v) is 1.90. The van der Waals surface area contributed by atoms with Gasteiger partial charge in [-0.1, -0.05) is 0 Å². The minimum atomic E-state index is -0.527. The van der Waals surface area contributed by atoms with Gasteiger partial charge in [0.1, 0.15) is 0 Å². The Hall–Kier alpha value is -2.59. The van der Waals surface area contributed by atoms with Gasteiger partial charge in [0.05, 0.1) is 10.6 Å². The molecular weight excluding hydrogens is 344 g/mol. The summed E-state index contributed by atoms with van der Waals surface area (Å²) in [7, 11) is 0. The van der Waals surface area contributed by atoms with Crippen LogP contribution in [0.3, 0.4) is 0 Å². The van der Waals surface area contributed by atoms with Gasteiger partial charge in [0, 0.05) is 16.6 Å². The number of hydrogen-bond donors (Lipinski definition) is 3. The number of nitrogens with zero attached hydrogens (tertiary/aromatic N) is 3. The first-order chi connectivity index (χ1) is 10.0. The molecule has 108 valence electrons. The van der Waals surface area contributed by atoms with Crippen LogP contribution in [0.15, 0.2) is 34.8 Å². The van der Waals surface area contributed by atoms with Gasteiger partial charge in [-0.3, -0.25) is 14.9 Å². The highest BCUT2D eigenvalue weighted by molar-refractivity contribution is 9.10. The molecule has 0 unspecified atom stereocenters. The molecule has 1 aromatic heterocycles. The number of nitro groups is 1. The Morgan fingerprint density at radius 1 is 1.29 bits per heavy atom. The van der Waals surface area contributed by atoms with Crippen molar-refractivity contribution in [2.75, 3.05) is 10.7 Å². The van der Waals surface area contributed by atoms with Gasteiger partial charge in [-0.2, -0.15) is 0 Å². The zero-order chi connectivity index (χ0) is 15.4. The van der Waals surface area contributed by atoms with E-state index in [1.165, 1.54) is 30.3 Å². The lowest BCUT2D eigenvalue weighted by Gasteiger charge is -2.06. The smallest absolute Gasteiger partial charge is 0.276 e. The number of nitrogens with one attached hydrogen (secondary N) is 2. The predicted octanol–water partition coefficient (Wildman–Crippen LogP) is 1.69. The number of hydrazine groups is 1. The zero-order valence-corrected chi connectivity index (χ0v) is 12.0. The van der Waals surface area contributed by atoms with Gasteiger partial charge < -0.3 is 10.7 Å². The Kier molecular flexibility index (Phi) is 4.40. The third kappa shape index (κ3) is 3.49. The average Bonchev–Trinajstić information content (AvgIpc) is 2.49. The lowest BCUT2D eigenvalue weighted by atomic mass is 10.2. The van der Waals surface area contributed by atoms with Crippen molar-refractivity contribution in [3.05, 3.63) is 50.6 Å². The van der Waals surface area contributed by atoms with Crippen LogP contribution in [-0.2, 0) is 0 Å². The summed E-state index contributed by atoms with van der Waals surface area (Å²) in [5.74, 6) is 4.97. The molecule has 1 aromatic carbocycles. The number of anilines is 2. The van der Waals surface area contributed by atoms with Gasteiger partial charge in [-0.15, -0.1) is 10.2 Å². The molecule has 4 N–H and O–H groups in total. The number of nitrogens with two attached hydrogens (primary N) is 1. The van der Waals surface area contributed by atoms with Crippen LogP contribution < -0.4 is 16.6 Å². The van der Waals surface area contributed by atoms with Gasteiger partial charge in [0.15, 0.2) is 11.5 Å². The van der Waals surface area contributed by atoms with E-state index in [0.717, 1.165) is 0 Å². The summed E-state index contributed by atoms with van der Waals surface area (Å²) in [5, 5.41) is 20.6. The van der Waals surface area contributed by atoms with Crippen molar-refractivity contribution in [1.29, 1.82) is 0 Å². The SMILES string of the molecule is NNc1ccc(C(=O)Nc2ccc([N+](=O)[O-])cc2Br)nn1. The topological polar surface area (TPSA) is 136 Å². The summed E-state index contributed by atoms with van der Waals surface area (Å²) in [6.45, 7) is 0. The number of rotatable bonds is 4. The van der Waals surface area contributed by atoms with E-state index in [0.29, 0.717) is 16.0 Å². The van der Waals surface area contributed by atoms with Crippen LogP contribution in [0.1, 0.15) is 10.5 Å². The first kappa shape index (κ1) is 14.8. The van der Waals surface area contributed by atoms with Crippen LogP contribution in [0.25, 0.3) is 0 Å². The Bertz CT molecular complexity index is 691. The van der Waals surface area contributed by atoms with Crippen molar-refractivity contribution < 1.29 is 9.72 Å². The molecule has 10 heteroatoms. The Morgan fingerprint density at radius 2 is 2.05 bits per heavy atom. The Balaban J connectivity index is 2.17. The number of amides is 1. The van der Waals surface area contributed by atoms with Crippen LogP contribution in [0, 0.1) is 10.1 Å². The van der Waals surface area contributed by atoms with E-state index < -0.39 is 10.8 Å². The molecule has 0 aliphatic carbocycles. The molecule has 0 atom stereocenters. The molecule has 0 saturated carbocycles. The lowest BCUT2D eigenvalue weighted by Crippen LogP contribution is -2.16. The number of hydrogen-bond acceptors (Lipinski definition) is 7. The summed E-state index contributed by atoms with van der Waals surface area (Å²) in [4.78, 5) is 22.1. The molecule has 0 radical (unpaired) electrons. The van der Waals surface area contributed by atoms with Gasteiger partial charge >= 0.3 is 0 Å². The second kappa shape index (κ2) is 6.24. The van der Waals surface area contributed by atoms with Gasteiger partial charge in [0.2, 0.25) is 0 Å². The number of carbonyl (C=O) groups is 1. The molecule has 0 fully saturated rings. The van der Waals surface area contributed by atoms with E-state index in [9.17, 15) is 14.9 Å². The molecule has 2 aromatic rings. The highest BCUT2D eigenvalue weighted by Gasteiger charge is 2.13. The van der Waals surface area contributed by atoms with E-state index in [1.807, 2.05) is 0 Å². The maximum absolute atomic E-state index is 12.0.